The molecule has 1 rings (SSSR count). The summed E-state index contributed by atoms with van der Waals surface area (Å²) >= 11 is 3.43. The Kier molecular flexibility index (Phi) is 9.34. The summed E-state index contributed by atoms with van der Waals surface area (Å²) in [6, 6.07) is 8.53. The van der Waals surface area contributed by atoms with Crippen molar-refractivity contribution in [3.8, 4) is 0 Å². The fourth-order valence-electron chi connectivity index (χ4n) is 1.99. The molecule has 1 N–H and O–H groups in total. The van der Waals surface area contributed by atoms with E-state index in [4.69, 9.17) is 0 Å². The van der Waals surface area contributed by atoms with Gasteiger partial charge in [-0.15, -0.1) is 0 Å². The maximum absolute atomic E-state index is 12.7. The SMILES string of the molecule is CCC(C(=O)O)N(CP(=O)(SC)SC)C(=O)SCc1ccccc1. The third-order valence-electron chi connectivity index (χ3n) is 3.37. The van der Waals surface area contributed by atoms with Crippen LogP contribution in [0.1, 0.15) is 18.9 Å². The molecule has 0 bridgehead atoms. The van der Waals surface area contributed by atoms with E-state index in [0.717, 1.165) is 17.3 Å². The number of carbonyl (C=O) groups excluding carboxylic acids is 1. The van der Waals surface area contributed by atoms with Crippen molar-refractivity contribution in [2.45, 2.75) is 25.1 Å². The lowest BCUT2D eigenvalue weighted by atomic mass is 10.2. The number of carboxylic acid groups (broad SMARTS) is 1. The predicted molar refractivity (Wildman–Crippen MR) is 106 cm³/mol. The first-order valence-corrected chi connectivity index (χ1v) is 13.8. The van der Waals surface area contributed by atoms with Gasteiger partial charge in [0, 0.05) is 5.75 Å². The smallest absolute Gasteiger partial charge is 0.326 e. The highest BCUT2D eigenvalue weighted by molar-refractivity contribution is 8.90. The number of carbonyl (C=O) groups is 2. The van der Waals surface area contributed by atoms with Crippen LogP contribution in [0.25, 0.3) is 0 Å². The normalized spacial score (nSPS) is 12.6. The van der Waals surface area contributed by atoms with Crippen LogP contribution in [0.5, 0.6) is 0 Å². The van der Waals surface area contributed by atoms with Crippen LogP contribution in [0.15, 0.2) is 30.3 Å². The number of benzene rings is 1. The van der Waals surface area contributed by atoms with Crippen LogP contribution in [0.4, 0.5) is 4.79 Å². The molecule has 1 aromatic rings. The number of carboxylic acids is 1. The van der Waals surface area contributed by atoms with Gasteiger partial charge in [-0.2, -0.15) is 0 Å². The van der Waals surface area contributed by atoms with Gasteiger partial charge in [0.2, 0.25) is 5.55 Å². The zero-order valence-corrected chi connectivity index (χ0v) is 17.2. The number of hydrogen-bond acceptors (Lipinski definition) is 6. The molecule has 0 radical (unpaired) electrons. The molecule has 1 amide bonds. The van der Waals surface area contributed by atoms with Gasteiger partial charge < -0.3 is 10.0 Å². The van der Waals surface area contributed by atoms with Crippen LogP contribution in [0, 0.1) is 0 Å². The van der Waals surface area contributed by atoms with Gasteiger partial charge in [0.1, 0.15) is 6.04 Å². The Labute approximate surface area is 155 Å². The Morgan fingerprint density at radius 3 is 2.25 bits per heavy atom. The number of rotatable bonds is 9. The third-order valence-corrected chi connectivity index (χ3v) is 12.8. The first kappa shape index (κ1) is 21.5. The minimum Gasteiger partial charge on any atom is -0.480 e. The van der Waals surface area contributed by atoms with Gasteiger partial charge in [-0.3, -0.25) is 9.36 Å². The standard InChI is InChI=1S/C15H22NO4PS3/c1-4-13(14(17)18)16(11-21(20,22-2)23-3)15(19)24-10-12-8-6-5-7-9-12/h5-9,13H,4,10-11H2,1-3H3,(H,17,18). The van der Waals surface area contributed by atoms with Crippen molar-refractivity contribution in [3.05, 3.63) is 35.9 Å². The van der Waals surface area contributed by atoms with E-state index < -0.39 is 17.6 Å². The molecule has 0 aromatic heterocycles. The lowest BCUT2D eigenvalue weighted by Crippen LogP contribution is -2.43. The highest BCUT2D eigenvalue weighted by Gasteiger charge is 2.34. The summed E-state index contributed by atoms with van der Waals surface area (Å²) in [5, 5.41) is 9.06. The molecule has 0 aliphatic rings. The van der Waals surface area contributed by atoms with Crippen LogP contribution < -0.4 is 0 Å². The van der Waals surface area contributed by atoms with E-state index in [-0.39, 0.29) is 17.9 Å². The largest absolute Gasteiger partial charge is 0.480 e. The zero-order valence-electron chi connectivity index (χ0n) is 13.9. The van der Waals surface area contributed by atoms with Crippen molar-refractivity contribution in [1.29, 1.82) is 0 Å². The van der Waals surface area contributed by atoms with Gasteiger partial charge in [0.15, 0.2) is 0 Å². The van der Waals surface area contributed by atoms with Crippen LogP contribution in [-0.2, 0) is 15.1 Å². The first-order valence-electron chi connectivity index (χ1n) is 7.27. The lowest BCUT2D eigenvalue weighted by molar-refractivity contribution is -0.141. The molecule has 1 atom stereocenters. The third kappa shape index (κ3) is 6.39. The highest BCUT2D eigenvalue weighted by Crippen LogP contribution is 2.67. The molecule has 134 valence electrons. The Balaban J connectivity index is 2.92. The van der Waals surface area contributed by atoms with E-state index in [1.54, 1.807) is 19.4 Å². The molecule has 0 heterocycles. The van der Waals surface area contributed by atoms with Gasteiger partial charge in [0.25, 0.3) is 5.24 Å². The maximum Gasteiger partial charge on any atom is 0.326 e. The molecular formula is C15H22NO4PS3. The fourth-order valence-corrected chi connectivity index (χ4v) is 7.23. The van der Waals surface area contributed by atoms with Crippen LogP contribution in [0.3, 0.4) is 0 Å². The molecule has 1 unspecified atom stereocenters. The first-order chi connectivity index (χ1) is 11.4. The highest BCUT2D eigenvalue weighted by atomic mass is 33.1. The summed E-state index contributed by atoms with van der Waals surface area (Å²) < 4.78 is 12.7. The van der Waals surface area contributed by atoms with Gasteiger partial charge in [0.05, 0.1) is 6.29 Å². The molecule has 24 heavy (non-hydrogen) atoms. The fraction of sp³-hybridized carbons (Fsp3) is 0.467. The minimum atomic E-state index is -2.73. The lowest BCUT2D eigenvalue weighted by Gasteiger charge is -2.30. The zero-order chi connectivity index (χ0) is 18.2. The van der Waals surface area contributed by atoms with Gasteiger partial charge in [-0.05, 0) is 24.5 Å². The second-order valence-electron chi connectivity index (χ2n) is 4.89. The molecule has 0 saturated carbocycles. The van der Waals surface area contributed by atoms with Crippen molar-refractivity contribution < 1.29 is 19.3 Å². The van der Waals surface area contributed by atoms with E-state index in [1.165, 1.54) is 27.7 Å². The van der Waals surface area contributed by atoms with Crippen LogP contribution >= 0.6 is 40.1 Å². The molecule has 0 aliphatic heterocycles. The summed E-state index contributed by atoms with van der Waals surface area (Å²) in [4.78, 5) is 25.4. The molecular weight excluding hydrogens is 385 g/mol. The van der Waals surface area contributed by atoms with E-state index in [9.17, 15) is 19.3 Å². The van der Waals surface area contributed by atoms with E-state index >= 15 is 0 Å². The van der Waals surface area contributed by atoms with E-state index in [1.807, 2.05) is 30.3 Å². The van der Waals surface area contributed by atoms with E-state index in [2.05, 4.69) is 0 Å². The molecule has 0 saturated heterocycles. The summed E-state index contributed by atoms with van der Waals surface area (Å²) in [6.07, 6.45) is 3.67. The van der Waals surface area contributed by atoms with Crippen LogP contribution in [-0.4, -0.2) is 46.1 Å². The second kappa shape index (κ2) is 10.4. The molecule has 0 fully saturated rings. The van der Waals surface area contributed by atoms with Crippen molar-refractivity contribution in [2.24, 2.45) is 0 Å². The summed E-state index contributed by atoms with van der Waals surface area (Å²) in [7, 11) is 0. The summed E-state index contributed by atoms with van der Waals surface area (Å²) in [5.74, 6) is -0.616. The molecule has 0 aliphatic carbocycles. The number of hydrogen-bond donors (Lipinski definition) is 1. The molecule has 1 aromatic carbocycles. The van der Waals surface area contributed by atoms with Gasteiger partial charge in [-0.1, -0.05) is 71.8 Å². The monoisotopic (exact) mass is 407 g/mol. The van der Waals surface area contributed by atoms with Crippen LogP contribution in [0.2, 0.25) is 0 Å². The second-order valence-corrected chi connectivity index (χ2v) is 14.5. The van der Waals surface area contributed by atoms with Crippen molar-refractivity contribution in [1.82, 2.24) is 4.90 Å². The summed E-state index contributed by atoms with van der Waals surface area (Å²) in [5.41, 5.74) is -1.75. The molecule has 5 nitrogen and oxygen atoms in total. The topological polar surface area (TPSA) is 74.7 Å². The number of amides is 1. The van der Waals surface area contributed by atoms with Crippen molar-refractivity contribution in [3.63, 3.8) is 0 Å². The van der Waals surface area contributed by atoms with E-state index in [0.29, 0.717) is 5.75 Å². The number of thioether (sulfide) groups is 1. The quantitative estimate of drug-likeness (QED) is 0.572. The molecule has 9 heteroatoms. The maximum atomic E-state index is 12.7. The Morgan fingerprint density at radius 2 is 1.79 bits per heavy atom. The van der Waals surface area contributed by atoms with Gasteiger partial charge in [-0.25, -0.2) is 4.79 Å². The Hall–Kier alpha value is -0.560. The minimum absolute atomic E-state index is 0.0409. The average Bonchev–Trinajstić information content (AvgIpc) is 2.59. The number of nitrogens with zero attached hydrogens (tertiary/aromatic N) is 1. The van der Waals surface area contributed by atoms with Crippen molar-refractivity contribution in [2.75, 3.05) is 18.8 Å². The average molecular weight is 408 g/mol. The number of aliphatic carboxylic acids is 1. The summed E-state index contributed by atoms with van der Waals surface area (Å²) in [6.45, 7) is 1.71. The Morgan fingerprint density at radius 1 is 1.21 bits per heavy atom. The molecule has 0 spiro atoms. The Bertz CT molecular complexity index is 592. The van der Waals surface area contributed by atoms with Gasteiger partial charge >= 0.3 is 5.97 Å². The predicted octanol–water partition coefficient (Wildman–Crippen LogP) is 5.08. The van der Waals surface area contributed by atoms with Crippen molar-refractivity contribution >= 4 is 51.3 Å².